The summed E-state index contributed by atoms with van der Waals surface area (Å²) in [6.07, 6.45) is -5.10. The van der Waals surface area contributed by atoms with E-state index < -0.39 is 50.6 Å². The van der Waals surface area contributed by atoms with Crippen LogP contribution in [-0.2, 0) is 21.0 Å². The number of nitrogens with one attached hydrogen (secondary N) is 1. The fourth-order valence-electron chi connectivity index (χ4n) is 1.28. The van der Waals surface area contributed by atoms with Crippen molar-refractivity contribution in [3.63, 3.8) is 0 Å². The summed E-state index contributed by atoms with van der Waals surface area (Å²) < 4.78 is 75.9. The quantitative estimate of drug-likeness (QED) is 0.690. The van der Waals surface area contributed by atoms with E-state index in [1.807, 2.05) is 0 Å². The largest absolute Gasteiger partial charge is 0.479 e. The van der Waals surface area contributed by atoms with Gasteiger partial charge in [0.05, 0.1) is 17.0 Å². The Hall–Kier alpha value is -1.72. The van der Waals surface area contributed by atoms with Crippen molar-refractivity contribution in [2.24, 2.45) is 0 Å². The number of aliphatic hydroxyl groups is 1. The smallest absolute Gasteiger partial charge is 0.419 e. The molecule has 1 rings (SSSR count). The molecule has 11 heteroatoms. The lowest BCUT2D eigenvalue weighted by Gasteiger charge is -2.18. The van der Waals surface area contributed by atoms with Gasteiger partial charge in [-0.15, -0.1) is 0 Å². The van der Waals surface area contributed by atoms with Gasteiger partial charge in [0, 0.05) is 0 Å². The molecule has 0 amide bonds. The van der Waals surface area contributed by atoms with Crippen molar-refractivity contribution in [1.82, 2.24) is 4.72 Å². The minimum atomic E-state index is -5.10. The molecule has 124 valence electrons. The van der Waals surface area contributed by atoms with Gasteiger partial charge in [0.15, 0.2) is 5.60 Å². The van der Waals surface area contributed by atoms with E-state index in [1.54, 1.807) is 4.72 Å². The van der Waals surface area contributed by atoms with Crippen molar-refractivity contribution in [3.8, 4) is 0 Å². The van der Waals surface area contributed by atoms with Crippen LogP contribution in [0.3, 0.4) is 0 Å². The highest BCUT2D eigenvalue weighted by Crippen LogP contribution is 2.32. The Bertz CT molecular complexity index is 684. The van der Waals surface area contributed by atoms with Crippen molar-refractivity contribution in [1.29, 1.82) is 0 Å². The van der Waals surface area contributed by atoms with Crippen molar-refractivity contribution < 1.29 is 41.0 Å². The first-order valence-electron chi connectivity index (χ1n) is 5.59. The van der Waals surface area contributed by atoms with Crippen LogP contribution in [0.15, 0.2) is 23.1 Å². The predicted octanol–water partition coefficient (Wildman–Crippen LogP) is 0.958. The average Bonchev–Trinajstić information content (AvgIpc) is 2.35. The molecule has 3 N–H and O–H groups in total. The number of benzene rings is 1. The van der Waals surface area contributed by atoms with Gasteiger partial charge in [-0.1, -0.05) is 0 Å². The van der Waals surface area contributed by atoms with Crippen molar-refractivity contribution in [2.45, 2.75) is 23.6 Å². The molecule has 0 spiro atoms. The second-order valence-corrected chi connectivity index (χ2v) is 6.31. The number of aliphatic carboxylic acids is 1. The van der Waals surface area contributed by atoms with Crippen molar-refractivity contribution in [2.75, 3.05) is 6.54 Å². The second-order valence-electron chi connectivity index (χ2n) is 4.54. The summed E-state index contributed by atoms with van der Waals surface area (Å²) in [5.41, 5.74) is -4.24. The van der Waals surface area contributed by atoms with Crippen LogP contribution in [0, 0.1) is 5.82 Å². The summed E-state index contributed by atoms with van der Waals surface area (Å²) in [6, 6.07) is 0.988. The molecule has 22 heavy (non-hydrogen) atoms. The number of halogens is 4. The molecule has 0 fully saturated rings. The molecule has 0 bridgehead atoms. The van der Waals surface area contributed by atoms with E-state index in [9.17, 15) is 35.9 Å². The molecule has 0 aliphatic carbocycles. The highest BCUT2D eigenvalue weighted by Gasteiger charge is 2.36. The molecular weight excluding hydrogens is 334 g/mol. The zero-order valence-corrected chi connectivity index (χ0v) is 11.8. The molecule has 6 nitrogen and oxygen atoms in total. The number of alkyl halides is 3. The Kier molecular flexibility index (Phi) is 4.85. The van der Waals surface area contributed by atoms with Crippen molar-refractivity contribution >= 4 is 16.0 Å². The van der Waals surface area contributed by atoms with Gasteiger partial charge in [-0.05, 0) is 25.1 Å². The van der Waals surface area contributed by atoms with E-state index in [2.05, 4.69) is 0 Å². The van der Waals surface area contributed by atoms with Gasteiger partial charge in [-0.2, -0.15) is 13.2 Å². The summed E-state index contributed by atoms with van der Waals surface area (Å²) in [5.74, 6) is -3.38. The average molecular weight is 345 g/mol. The standard InChI is InChI=1S/C11H11F4NO5S/c1-10(19,9(17)18)5-16-22(20,21)6-2-3-8(12)7(4-6)11(13,14)15/h2-4,16,19H,5H2,1H3,(H,17,18). The Labute approximate surface area is 122 Å². The zero-order valence-electron chi connectivity index (χ0n) is 11.0. The third-order valence-electron chi connectivity index (χ3n) is 2.62. The highest BCUT2D eigenvalue weighted by molar-refractivity contribution is 7.89. The van der Waals surface area contributed by atoms with Crippen LogP contribution in [0.4, 0.5) is 17.6 Å². The number of sulfonamides is 1. The number of rotatable bonds is 5. The Morgan fingerprint density at radius 2 is 1.86 bits per heavy atom. The van der Waals surface area contributed by atoms with Crippen molar-refractivity contribution in [3.05, 3.63) is 29.6 Å². The Balaban J connectivity index is 3.12. The predicted molar refractivity (Wildman–Crippen MR) is 64.9 cm³/mol. The lowest BCUT2D eigenvalue weighted by Crippen LogP contribution is -2.46. The molecule has 0 saturated carbocycles. The summed E-state index contributed by atoms with van der Waals surface area (Å²) in [6.45, 7) is -0.187. The maximum Gasteiger partial charge on any atom is 0.419 e. The maximum atomic E-state index is 13.1. The number of hydrogen-bond donors (Lipinski definition) is 3. The monoisotopic (exact) mass is 345 g/mol. The van der Waals surface area contributed by atoms with Crippen LogP contribution < -0.4 is 4.72 Å². The van der Waals surface area contributed by atoms with Gasteiger partial charge < -0.3 is 10.2 Å². The third kappa shape index (κ3) is 4.15. The van der Waals surface area contributed by atoms with E-state index in [0.717, 1.165) is 6.92 Å². The minimum Gasteiger partial charge on any atom is -0.479 e. The van der Waals surface area contributed by atoms with Gasteiger partial charge >= 0.3 is 12.1 Å². The van der Waals surface area contributed by atoms with Gasteiger partial charge in [0.1, 0.15) is 5.82 Å². The number of carbonyl (C=O) groups is 1. The highest BCUT2D eigenvalue weighted by atomic mass is 32.2. The first-order chi connectivity index (χ1) is 9.77. The van der Waals surface area contributed by atoms with Gasteiger partial charge in [0.2, 0.25) is 10.0 Å². The van der Waals surface area contributed by atoms with Crippen LogP contribution in [0.2, 0.25) is 0 Å². The van der Waals surface area contributed by atoms with Crippen LogP contribution in [0.25, 0.3) is 0 Å². The number of hydrogen-bond acceptors (Lipinski definition) is 4. The molecule has 1 aromatic rings. The second kappa shape index (κ2) is 5.82. The van der Waals surface area contributed by atoms with E-state index in [0.29, 0.717) is 12.1 Å². The van der Waals surface area contributed by atoms with Crippen LogP contribution in [0.1, 0.15) is 12.5 Å². The number of carboxylic acids is 1. The maximum absolute atomic E-state index is 13.1. The van der Waals surface area contributed by atoms with E-state index in [4.69, 9.17) is 5.11 Å². The minimum absolute atomic E-state index is 0.0765. The lowest BCUT2D eigenvalue weighted by atomic mass is 10.1. The molecule has 0 radical (unpaired) electrons. The summed E-state index contributed by atoms with van der Waals surface area (Å²) in [7, 11) is -4.57. The fraction of sp³-hybridized carbons (Fsp3) is 0.364. The molecule has 1 aromatic carbocycles. The summed E-state index contributed by atoms with van der Waals surface area (Å²) in [5, 5.41) is 18.0. The zero-order chi connectivity index (χ0) is 17.3. The molecule has 1 unspecified atom stereocenters. The normalized spacial score (nSPS) is 15.4. The first kappa shape index (κ1) is 18.3. The fourth-order valence-corrected chi connectivity index (χ4v) is 2.44. The summed E-state index contributed by atoms with van der Waals surface area (Å²) >= 11 is 0. The molecule has 0 aromatic heterocycles. The summed E-state index contributed by atoms with van der Waals surface area (Å²) in [4.78, 5) is 9.71. The SMILES string of the molecule is CC(O)(CNS(=O)(=O)c1ccc(F)c(C(F)(F)F)c1)C(=O)O. The number of carboxylic acid groups (broad SMARTS) is 1. The molecule has 0 aliphatic heterocycles. The Morgan fingerprint density at radius 3 is 2.32 bits per heavy atom. The van der Waals surface area contributed by atoms with Gasteiger partial charge in [-0.3, -0.25) is 0 Å². The van der Waals surface area contributed by atoms with Crippen LogP contribution in [0.5, 0.6) is 0 Å². The van der Waals surface area contributed by atoms with Crippen LogP contribution >= 0.6 is 0 Å². The van der Waals surface area contributed by atoms with Crippen LogP contribution in [-0.4, -0.2) is 36.7 Å². The van der Waals surface area contributed by atoms with E-state index in [-0.39, 0.29) is 6.07 Å². The van der Waals surface area contributed by atoms with E-state index >= 15 is 0 Å². The molecule has 0 aliphatic rings. The first-order valence-corrected chi connectivity index (χ1v) is 7.08. The molecular formula is C11H11F4NO5S. The lowest BCUT2D eigenvalue weighted by molar-refractivity contribution is -0.155. The Morgan fingerprint density at radius 1 is 1.32 bits per heavy atom. The molecule has 1 atom stereocenters. The van der Waals surface area contributed by atoms with E-state index in [1.165, 1.54) is 0 Å². The molecule has 0 saturated heterocycles. The molecule has 0 heterocycles. The van der Waals surface area contributed by atoms with Gasteiger partial charge in [0.25, 0.3) is 0 Å². The topological polar surface area (TPSA) is 104 Å². The van der Waals surface area contributed by atoms with Gasteiger partial charge in [-0.25, -0.2) is 22.3 Å². The third-order valence-corrected chi connectivity index (χ3v) is 4.02.